The van der Waals surface area contributed by atoms with Gasteiger partial charge in [-0.2, -0.15) is 0 Å². The van der Waals surface area contributed by atoms with E-state index in [1.165, 1.54) is 0 Å². The molecule has 2 amide bonds. The largest absolute Gasteiger partial charge is 0.373 e. The van der Waals surface area contributed by atoms with Crippen LogP contribution in [0.25, 0.3) is 0 Å². The van der Waals surface area contributed by atoms with E-state index in [1.54, 1.807) is 44.4 Å². The number of aromatic nitrogens is 1. The molecule has 0 unspecified atom stereocenters. The van der Waals surface area contributed by atoms with Crippen molar-refractivity contribution in [3.63, 3.8) is 0 Å². The molecule has 2 N–H and O–H groups in total. The summed E-state index contributed by atoms with van der Waals surface area (Å²) in [5, 5.41) is 5.94. The van der Waals surface area contributed by atoms with Crippen LogP contribution >= 0.6 is 0 Å². The molecule has 120 valence electrons. The maximum atomic E-state index is 12.3. The molecule has 1 aromatic rings. The van der Waals surface area contributed by atoms with Gasteiger partial charge in [-0.1, -0.05) is 6.42 Å². The van der Waals surface area contributed by atoms with Gasteiger partial charge < -0.3 is 15.5 Å². The standard InChI is InChI=1S/C16H24N4O2/c1-17-14-8-7-12(10-18-14)15(21)19-13-6-4-5-11(9-13)16(22)20(2)3/h7-8,10-11,13H,4-6,9H2,1-3H3,(H,17,18)(H,19,21)/t11-,13+/m1/s1. The van der Waals surface area contributed by atoms with Crippen molar-refractivity contribution >= 4 is 17.6 Å². The number of nitrogens with zero attached hydrogens (tertiary/aromatic N) is 2. The van der Waals surface area contributed by atoms with Crippen LogP contribution in [0.5, 0.6) is 0 Å². The van der Waals surface area contributed by atoms with Crippen LogP contribution in [-0.2, 0) is 4.79 Å². The predicted octanol–water partition coefficient (Wildman–Crippen LogP) is 1.50. The van der Waals surface area contributed by atoms with E-state index in [0.29, 0.717) is 12.0 Å². The zero-order chi connectivity index (χ0) is 16.1. The molecule has 1 saturated carbocycles. The first-order chi connectivity index (χ1) is 10.5. The van der Waals surface area contributed by atoms with E-state index >= 15 is 0 Å². The molecular weight excluding hydrogens is 280 g/mol. The first-order valence-electron chi connectivity index (χ1n) is 7.67. The van der Waals surface area contributed by atoms with Crippen LogP contribution in [-0.4, -0.2) is 48.9 Å². The van der Waals surface area contributed by atoms with Gasteiger partial charge >= 0.3 is 0 Å². The van der Waals surface area contributed by atoms with Crippen molar-refractivity contribution in [3.05, 3.63) is 23.9 Å². The SMILES string of the molecule is CNc1ccc(C(=O)N[C@H]2CCC[C@@H](C(=O)N(C)C)C2)cn1. The molecule has 1 heterocycles. The zero-order valence-corrected chi connectivity index (χ0v) is 13.4. The normalized spacial score (nSPS) is 21.0. The summed E-state index contributed by atoms with van der Waals surface area (Å²) >= 11 is 0. The first kappa shape index (κ1) is 16.3. The van der Waals surface area contributed by atoms with Crippen LogP contribution < -0.4 is 10.6 Å². The quantitative estimate of drug-likeness (QED) is 0.884. The van der Waals surface area contributed by atoms with Crippen molar-refractivity contribution < 1.29 is 9.59 Å². The minimum Gasteiger partial charge on any atom is -0.373 e. The molecule has 1 aliphatic rings. The molecule has 1 aromatic heterocycles. The third kappa shape index (κ3) is 3.96. The second-order valence-corrected chi connectivity index (χ2v) is 5.95. The number of carbonyl (C=O) groups is 2. The molecule has 0 bridgehead atoms. The summed E-state index contributed by atoms with van der Waals surface area (Å²) in [5.74, 6) is 0.766. The van der Waals surface area contributed by atoms with Crippen molar-refractivity contribution in [1.29, 1.82) is 0 Å². The molecule has 1 fully saturated rings. The number of hydrogen-bond acceptors (Lipinski definition) is 4. The molecule has 0 spiro atoms. The Hall–Kier alpha value is -2.11. The second-order valence-electron chi connectivity index (χ2n) is 5.95. The van der Waals surface area contributed by atoms with E-state index in [1.807, 2.05) is 0 Å². The van der Waals surface area contributed by atoms with Gasteiger partial charge in [0.25, 0.3) is 5.91 Å². The van der Waals surface area contributed by atoms with Gasteiger partial charge in [0, 0.05) is 39.3 Å². The van der Waals surface area contributed by atoms with Crippen molar-refractivity contribution in [2.75, 3.05) is 26.5 Å². The Morgan fingerprint density at radius 3 is 2.64 bits per heavy atom. The van der Waals surface area contributed by atoms with E-state index in [-0.39, 0.29) is 23.8 Å². The summed E-state index contributed by atoms with van der Waals surface area (Å²) in [6, 6.07) is 3.58. The molecule has 6 nitrogen and oxygen atoms in total. The lowest BCUT2D eigenvalue weighted by Crippen LogP contribution is -2.42. The Balaban J connectivity index is 1.94. The van der Waals surface area contributed by atoms with Gasteiger partial charge in [0.15, 0.2) is 0 Å². The topological polar surface area (TPSA) is 74.3 Å². The average Bonchev–Trinajstić information content (AvgIpc) is 2.54. The lowest BCUT2D eigenvalue weighted by molar-refractivity contribution is -0.134. The molecule has 2 rings (SSSR count). The Morgan fingerprint density at radius 1 is 1.27 bits per heavy atom. The molecule has 6 heteroatoms. The molecule has 2 atom stereocenters. The van der Waals surface area contributed by atoms with E-state index in [0.717, 1.165) is 25.1 Å². The highest BCUT2D eigenvalue weighted by Gasteiger charge is 2.29. The second kappa shape index (κ2) is 7.24. The number of anilines is 1. The van der Waals surface area contributed by atoms with Gasteiger partial charge in [0.05, 0.1) is 5.56 Å². The third-order valence-corrected chi connectivity index (χ3v) is 4.08. The van der Waals surface area contributed by atoms with Crippen LogP contribution in [0.15, 0.2) is 18.3 Å². The monoisotopic (exact) mass is 304 g/mol. The van der Waals surface area contributed by atoms with Crippen molar-refractivity contribution in [3.8, 4) is 0 Å². The van der Waals surface area contributed by atoms with Gasteiger partial charge in [0.1, 0.15) is 5.82 Å². The highest BCUT2D eigenvalue weighted by Crippen LogP contribution is 2.25. The van der Waals surface area contributed by atoms with Gasteiger partial charge in [-0.15, -0.1) is 0 Å². The molecule has 1 aliphatic carbocycles. The van der Waals surface area contributed by atoms with Crippen molar-refractivity contribution in [1.82, 2.24) is 15.2 Å². The Bertz CT molecular complexity index is 527. The molecule has 0 radical (unpaired) electrons. The fourth-order valence-corrected chi connectivity index (χ4v) is 2.86. The summed E-state index contributed by atoms with van der Waals surface area (Å²) in [5.41, 5.74) is 0.542. The lowest BCUT2D eigenvalue weighted by atomic mass is 9.84. The number of amides is 2. The Morgan fingerprint density at radius 2 is 2.05 bits per heavy atom. The number of nitrogens with one attached hydrogen (secondary N) is 2. The first-order valence-corrected chi connectivity index (χ1v) is 7.67. The predicted molar refractivity (Wildman–Crippen MR) is 85.7 cm³/mol. The molecular formula is C16H24N4O2. The van der Waals surface area contributed by atoms with Crippen LogP contribution in [0.2, 0.25) is 0 Å². The maximum absolute atomic E-state index is 12.3. The Kier molecular flexibility index (Phi) is 5.35. The smallest absolute Gasteiger partial charge is 0.253 e. The van der Waals surface area contributed by atoms with Gasteiger partial charge in [-0.3, -0.25) is 9.59 Å². The fourth-order valence-electron chi connectivity index (χ4n) is 2.86. The zero-order valence-electron chi connectivity index (χ0n) is 13.4. The number of hydrogen-bond donors (Lipinski definition) is 2. The average molecular weight is 304 g/mol. The third-order valence-electron chi connectivity index (χ3n) is 4.08. The van der Waals surface area contributed by atoms with Gasteiger partial charge in [-0.25, -0.2) is 4.98 Å². The maximum Gasteiger partial charge on any atom is 0.253 e. The fraction of sp³-hybridized carbons (Fsp3) is 0.562. The van der Waals surface area contributed by atoms with E-state index in [2.05, 4.69) is 15.6 Å². The molecule has 0 saturated heterocycles. The van der Waals surface area contributed by atoms with Crippen LogP contribution in [0.3, 0.4) is 0 Å². The summed E-state index contributed by atoms with van der Waals surface area (Å²) in [4.78, 5) is 30.1. The van der Waals surface area contributed by atoms with Crippen molar-refractivity contribution in [2.45, 2.75) is 31.7 Å². The number of pyridine rings is 1. The summed E-state index contributed by atoms with van der Waals surface area (Å²) < 4.78 is 0. The summed E-state index contributed by atoms with van der Waals surface area (Å²) in [7, 11) is 5.34. The lowest BCUT2D eigenvalue weighted by Gasteiger charge is -2.30. The van der Waals surface area contributed by atoms with Crippen molar-refractivity contribution in [2.24, 2.45) is 5.92 Å². The number of carbonyl (C=O) groups excluding carboxylic acids is 2. The van der Waals surface area contributed by atoms with Crippen LogP contribution in [0, 0.1) is 5.92 Å². The number of rotatable bonds is 4. The van der Waals surface area contributed by atoms with E-state index in [4.69, 9.17) is 0 Å². The van der Waals surface area contributed by atoms with E-state index < -0.39 is 0 Å². The molecule has 22 heavy (non-hydrogen) atoms. The summed E-state index contributed by atoms with van der Waals surface area (Å²) in [6.07, 6.45) is 5.07. The highest BCUT2D eigenvalue weighted by atomic mass is 16.2. The van der Waals surface area contributed by atoms with Crippen LogP contribution in [0.4, 0.5) is 5.82 Å². The highest BCUT2D eigenvalue weighted by molar-refractivity contribution is 5.94. The van der Waals surface area contributed by atoms with Gasteiger partial charge in [-0.05, 0) is 31.4 Å². The van der Waals surface area contributed by atoms with Gasteiger partial charge in [0.2, 0.25) is 5.91 Å². The molecule has 0 aromatic carbocycles. The van der Waals surface area contributed by atoms with Crippen LogP contribution in [0.1, 0.15) is 36.0 Å². The summed E-state index contributed by atoms with van der Waals surface area (Å²) in [6.45, 7) is 0. The Labute approximate surface area is 131 Å². The molecule has 0 aliphatic heterocycles. The van der Waals surface area contributed by atoms with E-state index in [9.17, 15) is 9.59 Å². The minimum absolute atomic E-state index is 0.0128. The minimum atomic E-state index is -0.127.